The number of amides is 1. The van der Waals surface area contributed by atoms with Crippen LogP contribution < -0.4 is 4.90 Å². The van der Waals surface area contributed by atoms with Crippen LogP contribution in [-0.4, -0.2) is 25.5 Å². The second kappa shape index (κ2) is 4.63. The zero-order valence-corrected chi connectivity index (χ0v) is 13.0. The zero-order valence-electron chi connectivity index (χ0n) is 11.4. The third-order valence-electron chi connectivity index (χ3n) is 3.45. The maximum Gasteiger partial charge on any atom is 0.339 e. The minimum Gasteiger partial charge on any atom is -0.462 e. The number of anilines is 1. The van der Waals surface area contributed by atoms with Crippen LogP contribution in [0.1, 0.15) is 36.7 Å². The normalized spacial score (nSPS) is 16.5. The summed E-state index contributed by atoms with van der Waals surface area (Å²) in [4.78, 5) is 25.6. The van der Waals surface area contributed by atoms with Crippen LogP contribution >= 0.6 is 15.9 Å². The number of carbonyl (C=O) groups is 2. The van der Waals surface area contributed by atoms with Crippen molar-refractivity contribution in [3.05, 3.63) is 27.7 Å². The lowest BCUT2D eigenvalue weighted by molar-refractivity contribution is -0.121. The summed E-state index contributed by atoms with van der Waals surface area (Å²) < 4.78 is 5.66. The summed E-state index contributed by atoms with van der Waals surface area (Å²) in [5, 5.41) is 0. The van der Waals surface area contributed by atoms with Gasteiger partial charge in [-0.15, -0.1) is 0 Å². The molecule has 0 fully saturated rings. The van der Waals surface area contributed by atoms with Crippen LogP contribution in [0.25, 0.3) is 0 Å². The molecule has 19 heavy (non-hydrogen) atoms. The average Bonchev–Trinajstić information content (AvgIpc) is 2.51. The lowest BCUT2D eigenvalue weighted by atomic mass is 9.86. The van der Waals surface area contributed by atoms with Crippen molar-refractivity contribution in [3.8, 4) is 0 Å². The van der Waals surface area contributed by atoms with Crippen LogP contribution in [0.5, 0.6) is 0 Å². The minimum atomic E-state index is -0.570. The largest absolute Gasteiger partial charge is 0.462 e. The molecule has 1 amide bonds. The van der Waals surface area contributed by atoms with Gasteiger partial charge >= 0.3 is 5.97 Å². The van der Waals surface area contributed by atoms with E-state index in [0.29, 0.717) is 16.6 Å². The van der Waals surface area contributed by atoms with Crippen LogP contribution in [0.3, 0.4) is 0 Å². The Morgan fingerprint density at radius 3 is 2.63 bits per heavy atom. The molecular formula is C14H16BrNO3. The summed E-state index contributed by atoms with van der Waals surface area (Å²) >= 11 is 3.38. The first-order chi connectivity index (χ1) is 8.80. The number of esters is 1. The van der Waals surface area contributed by atoms with Gasteiger partial charge in [0.15, 0.2) is 0 Å². The molecule has 102 valence electrons. The number of rotatable bonds is 2. The van der Waals surface area contributed by atoms with Crippen molar-refractivity contribution in [1.82, 2.24) is 0 Å². The number of fused-ring (bicyclic) bond motifs is 1. The van der Waals surface area contributed by atoms with Crippen LogP contribution in [0.15, 0.2) is 16.6 Å². The number of hydrogen-bond acceptors (Lipinski definition) is 3. The molecule has 1 aromatic carbocycles. The summed E-state index contributed by atoms with van der Waals surface area (Å²) in [6.45, 7) is 5.85. The van der Waals surface area contributed by atoms with E-state index in [1.165, 1.54) is 0 Å². The van der Waals surface area contributed by atoms with E-state index in [9.17, 15) is 9.59 Å². The smallest absolute Gasteiger partial charge is 0.339 e. The predicted molar refractivity (Wildman–Crippen MR) is 76.5 cm³/mol. The molecule has 0 atom stereocenters. The molecule has 1 heterocycles. The number of hydrogen-bond donors (Lipinski definition) is 0. The van der Waals surface area contributed by atoms with E-state index >= 15 is 0 Å². The van der Waals surface area contributed by atoms with Gasteiger partial charge in [-0.25, -0.2) is 4.79 Å². The van der Waals surface area contributed by atoms with E-state index in [1.807, 2.05) is 19.9 Å². The number of halogens is 1. The third kappa shape index (κ3) is 2.06. The van der Waals surface area contributed by atoms with Crippen molar-refractivity contribution < 1.29 is 14.3 Å². The van der Waals surface area contributed by atoms with Crippen LogP contribution in [0.4, 0.5) is 5.69 Å². The molecule has 2 rings (SSSR count). The first-order valence-electron chi connectivity index (χ1n) is 6.10. The number of carbonyl (C=O) groups excluding carboxylic acids is 2. The van der Waals surface area contributed by atoms with E-state index in [4.69, 9.17) is 4.74 Å². The lowest BCUT2D eigenvalue weighted by Gasteiger charge is -2.16. The lowest BCUT2D eigenvalue weighted by Crippen LogP contribution is -2.33. The third-order valence-corrected chi connectivity index (χ3v) is 4.11. The molecule has 0 saturated heterocycles. The average molecular weight is 326 g/mol. The highest BCUT2D eigenvalue weighted by Gasteiger charge is 2.43. The van der Waals surface area contributed by atoms with Crippen molar-refractivity contribution in [2.45, 2.75) is 26.2 Å². The summed E-state index contributed by atoms with van der Waals surface area (Å²) in [6, 6.07) is 3.55. The van der Waals surface area contributed by atoms with Gasteiger partial charge in [-0.2, -0.15) is 0 Å². The predicted octanol–water partition coefficient (Wildman–Crippen LogP) is 2.88. The molecule has 0 bridgehead atoms. The summed E-state index contributed by atoms with van der Waals surface area (Å²) in [7, 11) is 1.72. The monoisotopic (exact) mass is 325 g/mol. The van der Waals surface area contributed by atoms with Gasteiger partial charge < -0.3 is 9.64 Å². The second-order valence-corrected chi connectivity index (χ2v) is 5.91. The first kappa shape index (κ1) is 14.1. The Morgan fingerprint density at radius 1 is 1.42 bits per heavy atom. The second-order valence-electron chi connectivity index (χ2n) is 5.06. The Hall–Kier alpha value is -1.36. The van der Waals surface area contributed by atoms with Gasteiger partial charge in [0.05, 0.1) is 17.6 Å². The molecule has 1 aliphatic rings. The van der Waals surface area contributed by atoms with Crippen molar-refractivity contribution in [3.63, 3.8) is 0 Å². The van der Waals surface area contributed by atoms with Crippen molar-refractivity contribution >= 4 is 33.5 Å². The molecule has 0 aromatic heterocycles. The molecular weight excluding hydrogens is 310 g/mol. The topological polar surface area (TPSA) is 46.6 Å². The van der Waals surface area contributed by atoms with Crippen LogP contribution in [-0.2, 0) is 14.9 Å². The Kier molecular flexibility index (Phi) is 3.43. The van der Waals surface area contributed by atoms with Gasteiger partial charge in [-0.05, 0) is 54.4 Å². The van der Waals surface area contributed by atoms with Crippen LogP contribution in [0, 0.1) is 0 Å². The first-order valence-corrected chi connectivity index (χ1v) is 6.89. The Labute approximate surface area is 120 Å². The van der Waals surface area contributed by atoms with Gasteiger partial charge in [-0.1, -0.05) is 0 Å². The van der Waals surface area contributed by atoms with Gasteiger partial charge in [0.1, 0.15) is 0 Å². The minimum absolute atomic E-state index is 0.0235. The number of likely N-dealkylation sites (N-methyl/N-ethyl adjacent to an activating group) is 1. The van der Waals surface area contributed by atoms with Gasteiger partial charge in [0, 0.05) is 17.2 Å². The van der Waals surface area contributed by atoms with Crippen molar-refractivity contribution in [1.29, 1.82) is 0 Å². The van der Waals surface area contributed by atoms with E-state index in [2.05, 4.69) is 15.9 Å². The van der Waals surface area contributed by atoms with E-state index < -0.39 is 5.41 Å². The van der Waals surface area contributed by atoms with Gasteiger partial charge in [0.2, 0.25) is 5.91 Å². The quantitative estimate of drug-likeness (QED) is 0.785. The van der Waals surface area contributed by atoms with Gasteiger partial charge in [0.25, 0.3) is 0 Å². The summed E-state index contributed by atoms with van der Waals surface area (Å²) in [5.74, 6) is -0.363. The fraction of sp³-hybridized carbons (Fsp3) is 0.429. The zero-order chi connectivity index (χ0) is 14.4. The summed E-state index contributed by atoms with van der Waals surface area (Å²) in [5.41, 5.74) is 1.55. The molecule has 0 radical (unpaired) electrons. The molecule has 1 aromatic rings. The molecule has 5 heteroatoms. The molecule has 0 saturated carbocycles. The molecule has 4 nitrogen and oxygen atoms in total. The molecule has 0 spiro atoms. The fourth-order valence-corrected chi connectivity index (χ4v) is 2.85. The highest BCUT2D eigenvalue weighted by Crippen LogP contribution is 2.43. The Bertz CT molecular complexity index is 566. The van der Waals surface area contributed by atoms with Gasteiger partial charge in [-0.3, -0.25) is 4.79 Å². The van der Waals surface area contributed by atoms with E-state index in [-0.39, 0.29) is 11.9 Å². The number of benzene rings is 1. The molecule has 0 aliphatic carbocycles. The standard InChI is InChI=1S/C14H16BrNO3/c1-5-19-12(17)8-6-11-9(7-10(8)15)14(2,3)13(18)16(11)4/h6-7H,5H2,1-4H3. The SMILES string of the molecule is CCOC(=O)c1cc2c(cc1Br)C(C)(C)C(=O)N2C. The van der Waals surface area contributed by atoms with Crippen molar-refractivity contribution in [2.24, 2.45) is 0 Å². The maximum atomic E-state index is 12.2. The fourth-order valence-electron chi connectivity index (χ4n) is 2.35. The van der Waals surface area contributed by atoms with Crippen molar-refractivity contribution in [2.75, 3.05) is 18.6 Å². The number of ether oxygens (including phenoxy) is 1. The highest BCUT2D eigenvalue weighted by atomic mass is 79.9. The summed E-state index contributed by atoms with van der Waals surface area (Å²) in [6.07, 6.45) is 0. The Morgan fingerprint density at radius 2 is 2.05 bits per heavy atom. The highest BCUT2D eigenvalue weighted by molar-refractivity contribution is 9.10. The van der Waals surface area contributed by atoms with E-state index in [0.717, 1.165) is 11.3 Å². The maximum absolute atomic E-state index is 12.2. The molecule has 0 N–H and O–H groups in total. The number of nitrogens with zero attached hydrogens (tertiary/aromatic N) is 1. The van der Waals surface area contributed by atoms with E-state index in [1.54, 1.807) is 24.9 Å². The molecule has 1 aliphatic heterocycles. The molecule has 0 unspecified atom stereocenters. The van der Waals surface area contributed by atoms with Crippen LogP contribution in [0.2, 0.25) is 0 Å². The Balaban J connectivity index is 2.57.